The van der Waals surface area contributed by atoms with Crippen LogP contribution in [-0.4, -0.2) is 4.98 Å². The van der Waals surface area contributed by atoms with Crippen molar-refractivity contribution in [3.8, 4) is 0 Å². The van der Waals surface area contributed by atoms with Gasteiger partial charge in [-0.1, -0.05) is 11.6 Å². The van der Waals surface area contributed by atoms with E-state index >= 15 is 0 Å². The zero-order valence-electron chi connectivity index (χ0n) is 5.97. The van der Waals surface area contributed by atoms with E-state index in [0.29, 0.717) is 5.15 Å². The fraction of sp³-hybridized carbons (Fsp3) is 0.125. The topological polar surface area (TPSA) is 12.9 Å². The number of pyridine rings is 1. The van der Waals surface area contributed by atoms with Gasteiger partial charge in [-0.3, -0.25) is 0 Å². The van der Waals surface area contributed by atoms with E-state index in [1.54, 1.807) is 11.3 Å². The molecule has 1 nitrogen and oxygen atoms in total. The molecule has 0 amide bonds. The minimum atomic E-state index is 0.565. The van der Waals surface area contributed by atoms with Gasteiger partial charge in [0.25, 0.3) is 0 Å². The Labute approximate surface area is 73.6 Å². The van der Waals surface area contributed by atoms with Crippen LogP contribution in [0.3, 0.4) is 0 Å². The van der Waals surface area contributed by atoms with Crippen molar-refractivity contribution in [2.75, 3.05) is 0 Å². The van der Waals surface area contributed by atoms with Crippen molar-refractivity contribution >= 4 is 33.2 Å². The molecule has 2 aromatic rings. The zero-order chi connectivity index (χ0) is 7.84. The van der Waals surface area contributed by atoms with Crippen molar-refractivity contribution in [2.45, 2.75) is 6.92 Å². The van der Waals surface area contributed by atoms with E-state index < -0.39 is 0 Å². The Morgan fingerprint density at radius 2 is 2.27 bits per heavy atom. The van der Waals surface area contributed by atoms with Crippen LogP contribution in [0.2, 0.25) is 5.15 Å². The summed E-state index contributed by atoms with van der Waals surface area (Å²) in [6.45, 7) is 2.07. The van der Waals surface area contributed by atoms with Crippen molar-refractivity contribution in [1.29, 1.82) is 0 Å². The molecule has 2 heterocycles. The zero-order valence-corrected chi connectivity index (χ0v) is 7.54. The number of aromatic nitrogens is 1. The van der Waals surface area contributed by atoms with Gasteiger partial charge in [0.1, 0.15) is 5.15 Å². The van der Waals surface area contributed by atoms with E-state index in [0.717, 1.165) is 5.52 Å². The number of nitrogens with zero attached hydrogens (tertiary/aromatic N) is 1. The summed E-state index contributed by atoms with van der Waals surface area (Å²) >= 11 is 7.46. The van der Waals surface area contributed by atoms with Gasteiger partial charge < -0.3 is 0 Å². The SMILES string of the molecule is Cc1cc2nc(Cl)ccc2s1. The van der Waals surface area contributed by atoms with E-state index in [4.69, 9.17) is 11.6 Å². The molecule has 2 aromatic heterocycles. The van der Waals surface area contributed by atoms with Gasteiger partial charge in [0, 0.05) is 4.88 Å². The lowest BCUT2D eigenvalue weighted by molar-refractivity contribution is 1.42. The van der Waals surface area contributed by atoms with Crippen LogP contribution in [0.15, 0.2) is 18.2 Å². The molecule has 0 aromatic carbocycles. The molecule has 0 spiro atoms. The minimum Gasteiger partial charge on any atom is -0.235 e. The number of fused-ring (bicyclic) bond motifs is 1. The summed E-state index contributed by atoms with van der Waals surface area (Å²) in [4.78, 5) is 5.45. The summed E-state index contributed by atoms with van der Waals surface area (Å²) in [5.74, 6) is 0. The Kier molecular flexibility index (Phi) is 1.59. The van der Waals surface area contributed by atoms with Crippen LogP contribution >= 0.6 is 22.9 Å². The molecule has 11 heavy (non-hydrogen) atoms. The molecule has 0 fully saturated rings. The molecular weight excluding hydrogens is 178 g/mol. The Hall–Kier alpha value is -0.600. The van der Waals surface area contributed by atoms with E-state index in [2.05, 4.69) is 11.9 Å². The maximum atomic E-state index is 5.72. The van der Waals surface area contributed by atoms with Crippen molar-refractivity contribution in [1.82, 2.24) is 4.98 Å². The lowest BCUT2D eigenvalue weighted by Crippen LogP contribution is -1.71. The first kappa shape index (κ1) is 7.07. The quantitative estimate of drug-likeness (QED) is 0.572. The highest BCUT2D eigenvalue weighted by molar-refractivity contribution is 7.18. The predicted molar refractivity (Wildman–Crippen MR) is 49.4 cm³/mol. The Bertz CT molecular complexity index is 394. The van der Waals surface area contributed by atoms with Gasteiger partial charge in [0.15, 0.2) is 0 Å². The fourth-order valence-electron chi connectivity index (χ4n) is 1.02. The van der Waals surface area contributed by atoms with Crippen LogP contribution in [-0.2, 0) is 0 Å². The fourth-order valence-corrected chi connectivity index (χ4v) is 2.04. The van der Waals surface area contributed by atoms with Crippen LogP contribution in [0.5, 0.6) is 0 Å². The van der Waals surface area contributed by atoms with Gasteiger partial charge >= 0.3 is 0 Å². The monoisotopic (exact) mass is 183 g/mol. The Balaban J connectivity index is 2.82. The first-order valence-electron chi connectivity index (χ1n) is 3.28. The van der Waals surface area contributed by atoms with Crippen LogP contribution in [0.1, 0.15) is 4.88 Å². The molecule has 0 aliphatic carbocycles. The molecule has 0 unspecified atom stereocenters. The largest absolute Gasteiger partial charge is 0.235 e. The number of rotatable bonds is 0. The summed E-state index contributed by atoms with van der Waals surface area (Å²) < 4.78 is 1.20. The molecule has 3 heteroatoms. The molecule has 0 saturated heterocycles. The van der Waals surface area contributed by atoms with Crippen LogP contribution in [0.25, 0.3) is 10.2 Å². The van der Waals surface area contributed by atoms with Crippen LogP contribution in [0.4, 0.5) is 0 Å². The van der Waals surface area contributed by atoms with Crippen LogP contribution < -0.4 is 0 Å². The molecule has 2 rings (SSSR count). The number of hydrogen-bond donors (Lipinski definition) is 0. The molecule has 0 aliphatic heterocycles. The molecule has 0 aliphatic rings. The highest BCUT2D eigenvalue weighted by Gasteiger charge is 1.98. The summed E-state index contributed by atoms with van der Waals surface area (Å²) in [5, 5.41) is 0.565. The van der Waals surface area contributed by atoms with Gasteiger partial charge in [-0.25, -0.2) is 4.98 Å². The third kappa shape index (κ3) is 1.24. The Morgan fingerprint density at radius 1 is 1.45 bits per heavy atom. The molecule has 56 valence electrons. The lowest BCUT2D eigenvalue weighted by atomic mass is 10.4. The summed E-state index contributed by atoms with van der Waals surface area (Å²) in [6, 6.07) is 5.87. The van der Waals surface area contributed by atoms with E-state index in [1.807, 2.05) is 18.2 Å². The first-order valence-corrected chi connectivity index (χ1v) is 4.48. The van der Waals surface area contributed by atoms with Gasteiger partial charge in [-0.15, -0.1) is 11.3 Å². The number of hydrogen-bond acceptors (Lipinski definition) is 2. The molecule has 0 radical (unpaired) electrons. The molecule has 0 atom stereocenters. The van der Waals surface area contributed by atoms with Crippen molar-refractivity contribution in [2.24, 2.45) is 0 Å². The average molecular weight is 184 g/mol. The molecular formula is C8H6ClNS. The first-order chi connectivity index (χ1) is 5.25. The van der Waals surface area contributed by atoms with Crippen molar-refractivity contribution in [3.05, 3.63) is 28.2 Å². The highest BCUT2D eigenvalue weighted by Crippen LogP contribution is 2.24. The molecule has 0 bridgehead atoms. The van der Waals surface area contributed by atoms with Crippen molar-refractivity contribution in [3.63, 3.8) is 0 Å². The average Bonchev–Trinajstić information content (AvgIpc) is 2.27. The summed E-state index contributed by atoms with van der Waals surface area (Å²) in [6.07, 6.45) is 0. The second kappa shape index (κ2) is 2.47. The molecule has 0 N–H and O–H groups in total. The molecule has 0 saturated carbocycles. The van der Waals surface area contributed by atoms with Crippen molar-refractivity contribution < 1.29 is 0 Å². The second-order valence-corrected chi connectivity index (χ2v) is 4.05. The van der Waals surface area contributed by atoms with Gasteiger partial charge in [-0.2, -0.15) is 0 Å². The third-order valence-corrected chi connectivity index (χ3v) is 2.68. The lowest BCUT2D eigenvalue weighted by Gasteiger charge is -1.87. The predicted octanol–water partition coefficient (Wildman–Crippen LogP) is 3.26. The van der Waals surface area contributed by atoms with Gasteiger partial charge in [-0.05, 0) is 25.1 Å². The normalized spacial score (nSPS) is 10.7. The third-order valence-electron chi connectivity index (χ3n) is 1.46. The smallest absolute Gasteiger partial charge is 0.129 e. The van der Waals surface area contributed by atoms with E-state index in [-0.39, 0.29) is 0 Å². The second-order valence-electron chi connectivity index (χ2n) is 2.37. The highest BCUT2D eigenvalue weighted by atomic mass is 35.5. The number of aryl methyl sites for hydroxylation is 1. The number of thiophene rings is 1. The van der Waals surface area contributed by atoms with E-state index in [9.17, 15) is 0 Å². The van der Waals surface area contributed by atoms with E-state index in [1.165, 1.54) is 9.58 Å². The standard InChI is InChI=1S/C8H6ClNS/c1-5-4-6-7(11-5)2-3-8(9)10-6/h2-4H,1H3. The Morgan fingerprint density at radius 3 is 3.09 bits per heavy atom. The number of halogens is 1. The maximum Gasteiger partial charge on any atom is 0.129 e. The summed E-state index contributed by atoms with van der Waals surface area (Å²) in [5.41, 5.74) is 1.00. The van der Waals surface area contributed by atoms with Gasteiger partial charge in [0.05, 0.1) is 10.2 Å². The van der Waals surface area contributed by atoms with Gasteiger partial charge in [0.2, 0.25) is 0 Å². The summed E-state index contributed by atoms with van der Waals surface area (Å²) in [7, 11) is 0. The maximum absolute atomic E-state index is 5.72. The minimum absolute atomic E-state index is 0.565. The van der Waals surface area contributed by atoms with Crippen LogP contribution in [0, 0.1) is 6.92 Å².